The molecular weight excluding hydrogens is 488 g/mol. The number of benzene rings is 5. The van der Waals surface area contributed by atoms with Gasteiger partial charge in [-0.15, -0.1) is 0 Å². The van der Waals surface area contributed by atoms with Crippen molar-refractivity contribution >= 4 is 43.0 Å². The largest absolute Gasteiger partial charge is 0.0990 e. The minimum atomic E-state index is -0.448. The molecule has 1 heteroatoms. The lowest BCUT2D eigenvalue weighted by molar-refractivity contribution is 0.770. The summed E-state index contributed by atoms with van der Waals surface area (Å²) < 4.78 is 1.08. The highest BCUT2D eigenvalue weighted by molar-refractivity contribution is 9.10. The third-order valence-electron chi connectivity index (χ3n) is 7.31. The van der Waals surface area contributed by atoms with Gasteiger partial charge in [0, 0.05) is 4.47 Å². The van der Waals surface area contributed by atoms with Gasteiger partial charge in [0.2, 0.25) is 0 Å². The van der Waals surface area contributed by atoms with Crippen LogP contribution >= 0.6 is 15.9 Å². The SMILES string of the molecule is C=C/C=C1\C(=C/C)C(c2ccc3ccccc3c2)(c2ccc3ccccc3c2)c2cc(Br)ccc21. The van der Waals surface area contributed by atoms with E-state index in [1.807, 2.05) is 6.08 Å². The molecule has 5 aromatic carbocycles. The van der Waals surface area contributed by atoms with Gasteiger partial charge in [-0.25, -0.2) is 0 Å². The van der Waals surface area contributed by atoms with Gasteiger partial charge >= 0.3 is 0 Å². The molecule has 0 bridgehead atoms. The first-order valence-electron chi connectivity index (χ1n) is 12.0. The number of rotatable bonds is 3. The molecule has 6 rings (SSSR count). The normalized spacial score (nSPS) is 16.7. The molecule has 0 saturated heterocycles. The highest BCUT2D eigenvalue weighted by atomic mass is 79.9. The average Bonchev–Trinajstić information content (AvgIpc) is 3.17. The summed E-state index contributed by atoms with van der Waals surface area (Å²) in [7, 11) is 0. The second-order valence-corrected chi connectivity index (χ2v) is 10.00. The monoisotopic (exact) mass is 512 g/mol. The third kappa shape index (κ3) is 3.26. The Bertz CT molecular complexity index is 1600. The summed E-state index contributed by atoms with van der Waals surface area (Å²) >= 11 is 3.78. The second kappa shape index (κ2) is 8.52. The van der Waals surface area contributed by atoms with Crippen LogP contribution in [0, 0.1) is 0 Å². The van der Waals surface area contributed by atoms with Crippen molar-refractivity contribution in [1.82, 2.24) is 0 Å². The molecule has 0 fully saturated rings. The number of fused-ring (bicyclic) bond motifs is 3. The molecule has 0 amide bonds. The summed E-state index contributed by atoms with van der Waals surface area (Å²) in [6.45, 7) is 6.20. The van der Waals surface area contributed by atoms with E-state index in [4.69, 9.17) is 0 Å². The predicted octanol–water partition coefficient (Wildman–Crippen LogP) is 9.62. The molecule has 1 aliphatic carbocycles. The van der Waals surface area contributed by atoms with Crippen LogP contribution in [0.2, 0.25) is 0 Å². The molecular formula is C34H25Br. The first-order valence-corrected chi connectivity index (χ1v) is 12.7. The van der Waals surface area contributed by atoms with Gasteiger partial charge in [-0.05, 0) is 86.1 Å². The van der Waals surface area contributed by atoms with E-state index < -0.39 is 5.41 Å². The quantitative estimate of drug-likeness (QED) is 0.225. The van der Waals surface area contributed by atoms with Crippen molar-refractivity contribution in [3.63, 3.8) is 0 Å². The Kier molecular flexibility index (Phi) is 5.31. The zero-order valence-corrected chi connectivity index (χ0v) is 21.2. The van der Waals surface area contributed by atoms with Crippen molar-refractivity contribution < 1.29 is 0 Å². The highest BCUT2D eigenvalue weighted by Crippen LogP contribution is 2.58. The molecule has 0 atom stereocenters. The van der Waals surface area contributed by atoms with E-state index in [0.29, 0.717) is 0 Å². The fourth-order valence-electron chi connectivity index (χ4n) is 5.86. The van der Waals surface area contributed by atoms with Gasteiger partial charge in [-0.1, -0.05) is 120 Å². The van der Waals surface area contributed by atoms with Gasteiger partial charge < -0.3 is 0 Å². The van der Waals surface area contributed by atoms with Crippen LogP contribution in [0.15, 0.2) is 138 Å². The highest BCUT2D eigenvalue weighted by Gasteiger charge is 2.48. The molecule has 0 nitrogen and oxygen atoms in total. The van der Waals surface area contributed by atoms with E-state index in [9.17, 15) is 0 Å². The van der Waals surface area contributed by atoms with Gasteiger partial charge in [-0.3, -0.25) is 0 Å². The standard InChI is InChI=1S/C34H25Br/c1-3-9-30-31-19-18-29(35)22-33(31)34(32(30)4-2,27-16-14-23-10-5-7-12-25(23)20-27)28-17-15-24-11-6-8-13-26(24)21-28/h3-22H,1H2,2H3/b30-9-,32-4+. The molecule has 168 valence electrons. The van der Waals surface area contributed by atoms with Gasteiger partial charge in [0.1, 0.15) is 0 Å². The van der Waals surface area contributed by atoms with Crippen LogP contribution in [0.5, 0.6) is 0 Å². The van der Waals surface area contributed by atoms with Gasteiger partial charge in [-0.2, -0.15) is 0 Å². The van der Waals surface area contributed by atoms with E-state index in [-0.39, 0.29) is 0 Å². The predicted molar refractivity (Wildman–Crippen MR) is 154 cm³/mol. The number of hydrogen-bond acceptors (Lipinski definition) is 0. The molecule has 0 spiro atoms. The molecule has 0 saturated carbocycles. The summed E-state index contributed by atoms with van der Waals surface area (Å²) in [5, 5.41) is 5.00. The Labute approximate surface area is 215 Å². The summed E-state index contributed by atoms with van der Waals surface area (Å²) in [6, 6.07) is 37.8. The maximum Gasteiger partial charge on any atom is 0.0711 e. The molecule has 0 radical (unpaired) electrons. The molecule has 1 aliphatic rings. The van der Waals surface area contributed by atoms with Crippen LogP contribution in [-0.2, 0) is 5.41 Å². The van der Waals surface area contributed by atoms with Crippen LogP contribution < -0.4 is 0 Å². The van der Waals surface area contributed by atoms with Crippen LogP contribution in [0.3, 0.4) is 0 Å². The Balaban J connectivity index is 1.79. The van der Waals surface area contributed by atoms with E-state index in [2.05, 4.69) is 145 Å². The molecule has 0 aliphatic heterocycles. The number of halogens is 1. The smallest absolute Gasteiger partial charge is 0.0711 e. The zero-order chi connectivity index (χ0) is 24.0. The summed E-state index contributed by atoms with van der Waals surface area (Å²) in [5.74, 6) is 0. The minimum absolute atomic E-state index is 0.448. The van der Waals surface area contributed by atoms with Gasteiger partial charge in [0.05, 0.1) is 5.41 Å². The molecule has 35 heavy (non-hydrogen) atoms. The maximum atomic E-state index is 4.05. The fraction of sp³-hybridized carbons (Fsp3) is 0.0588. The second-order valence-electron chi connectivity index (χ2n) is 9.08. The van der Waals surface area contributed by atoms with Crippen LogP contribution in [0.25, 0.3) is 27.1 Å². The molecule has 0 N–H and O–H groups in total. The Morgan fingerprint density at radius 2 is 1.26 bits per heavy atom. The van der Waals surface area contributed by atoms with Crippen molar-refractivity contribution in [2.45, 2.75) is 12.3 Å². The summed E-state index contributed by atoms with van der Waals surface area (Å²) in [5.41, 5.74) is 7.15. The first kappa shape index (κ1) is 21.8. The lowest BCUT2D eigenvalue weighted by Gasteiger charge is -2.35. The van der Waals surface area contributed by atoms with Crippen molar-refractivity contribution in [2.24, 2.45) is 0 Å². The maximum absolute atomic E-state index is 4.05. The zero-order valence-electron chi connectivity index (χ0n) is 19.6. The topological polar surface area (TPSA) is 0 Å². The summed E-state index contributed by atoms with van der Waals surface area (Å²) in [4.78, 5) is 0. The fourth-order valence-corrected chi connectivity index (χ4v) is 6.22. The van der Waals surface area contributed by atoms with E-state index in [1.54, 1.807) is 0 Å². The van der Waals surface area contributed by atoms with E-state index in [0.717, 1.165) is 4.47 Å². The van der Waals surface area contributed by atoms with Crippen LogP contribution in [0.4, 0.5) is 0 Å². The van der Waals surface area contributed by atoms with Crippen LogP contribution in [0.1, 0.15) is 29.2 Å². The number of allylic oxidation sites excluding steroid dienone is 5. The van der Waals surface area contributed by atoms with Crippen molar-refractivity contribution in [2.75, 3.05) is 0 Å². The third-order valence-corrected chi connectivity index (χ3v) is 7.80. The average molecular weight is 513 g/mol. The van der Waals surface area contributed by atoms with Crippen molar-refractivity contribution in [3.05, 3.63) is 160 Å². The van der Waals surface area contributed by atoms with Crippen molar-refractivity contribution in [1.29, 1.82) is 0 Å². The molecule has 5 aromatic rings. The molecule has 0 aromatic heterocycles. The first-order chi connectivity index (χ1) is 17.2. The Morgan fingerprint density at radius 1 is 0.686 bits per heavy atom. The Morgan fingerprint density at radius 3 is 1.80 bits per heavy atom. The van der Waals surface area contributed by atoms with E-state index in [1.165, 1.54) is 54.9 Å². The Hall–Kier alpha value is -3.68. The summed E-state index contributed by atoms with van der Waals surface area (Å²) in [6.07, 6.45) is 6.35. The minimum Gasteiger partial charge on any atom is -0.0990 e. The molecule has 0 heterocycles. The van der Waals surface area contributed by atoms with Gasteiger partial charge in [0.15, 0.2) is 0 Å². The lowest BCUT2D eigenvalue weighted by Crippen LogP contribution is -2.28. The van der Waals surface area contributed by atoms with Crippen LogP contribution in [-0.4, -0.2) is 0 Å². The molecule has 0 unspecified atom stereocenters. The lowest BCUT2D eigenvalue weighted by atomic mass is 9.67. The number of hydrogen-bond donors (Lipinski definition) is 0. The van der Waals surface area contributed by atoms with E-state index >= 15 is 0 Å². The van der Waals surface area contributed by atoms with Crippen molar-refractivity contribution in [3.8, 4) is 0 Å². The van der Waals surface area contributed by atoms with Gasteiger partial charge in [0.25, 0.3) is 0 Å².